The molecule has 2 atom stereocenters. The summed E-state index contributed by atoms with van der Waals surface area (Å²) in [6, 6.07) is 7.85. The second-order valence-corrected chi connectivity index (χ2v) is 14.1. The molecule has 4 aromatic rings. The molecule has 7 rings (SSSR count). The highest BCUT2D eigenvalue weighted by atomic mass is 16.5. The zero-order valence-corrected chi connectivity index (χ0v) is 27.0. The number of rotatable bonds is 5. The Morgan fingerprint density at radius 3 is 2.58 bits per heavy atom. The number of fused-ring (bicyclic) bond motifs is 3. The topological polar surface area (TPSA) is 113 Å². The molecule has 11 heteroatoms. The standard InChI is InChI=1S/C34H46N8O3/c1-34(2,3)29-18-26(11-12-41(29)33(43)44-4)42-20-23(19-37-42)22-5-10-28-27(17-22)30-31(35-21-36-32(30)39-28)38-24-6-8-25(9-7-24)40-13-15-45-16-14-40/h5,10,17,19-21,24-26,29H,6-9,11-16,18H2,1-4H3,(H2,35,36,38,39)/t24-,25-,26?,29?. The van der Waals surface area contributed by atoms with E-state index in [-0.39, 0.29) is 23.6 Å². The molecule has 3 aromatic heterocycles. The van der Waals surface area contributed by atoms with E-state index in [1.54, 1.807) is 6.33 Å². The van der Waals surface area contributed by atoms with Crippen LogP contribution in [0.5, 0.6) is 0 Å². The normalized spacial score (nSPS) is 25.1. The number of aromatic nitrogens is 5. The molecule has 2 N–H and O–H groups in total. The number of amides is 1. The molecule has 0 radical (unpaired) electrons. The Morgan fingerprint density at radius 1 is 1.02 bits per heavy atom. The Morgan fingerprint density at radius 2 is 1.82 bits per heavy atom. The van der Waals surface area contributed by atoms with Gasteiger partial charge in [-0.15, -0.1) is 0 Å². The van der Waals surface area contributed by atoms with Crippen molar-refractivity contribution in [1.82, 2.24) is 34.5 Å². The summed E-state index contributed by atoms with van der Waals surface area (Å²) < 4.78 is 12.7. The summed E-state index contributed by atoms with van der Waals surface area (Å²) >= 11 is 0. The minimum Gasteiger partial charge on any atom is -0.453 e. The summed E-state index contributed by atoms with van der Waals surface area (Å²) in [6.45, 7) is 11.0. The zero-order valence-electron chi connectivity index (χ0n) is 27.0. The fraction of sp³-hybridized carbons (Fsp3) is 0.588. The maximum Gasteiger partial charge on any atom is 0.409 e. The average molecular weight is 615 g/mol. The van der Waals surface area contributed by atoms with Gasteiger partial charge >= 0.3 is 6.09 Å². The van der Waals surface area contributed by atoms with Crippen LogP contribution in [0, 0.1) is 5.41 Å². The van der Waals surface area contributed by atoms with Crippen LogP contribution in [0.4, 0.5) is 10.6 Å². The van der Waals surface area contributed by atoms with Crippen LogP contribution in [0.3, 0.4) is 0 Å². The van der Waals surface area contributed by atoms with Gasteiger partial charge in [0.2, 0.25) is 0 Å². The summed E-state index contributed by atoms with van der Waals surface area (Å²) in [5, 5.41) is 10.8. The number of nitrogens with one attached hydrogen (secondary N) is 2. The lowest BCUT2D eigenvalue weighted by molar-refractivity contribution is 0.00791. The summed E-state index contributed by atoms with van der Waals surface area (Å²) in [5.74, 6) is 0.902. The highest BCUT2D eigenvalue weighted by Gasteiger charge is 2.40. The number of likely N-dealkylation sites (tertiary alicyclic amines) is 1. The van der Waals surface area contributed by atoms with Crippen molar-refractivity contribution in [3.63, 3.8) is 0 Å². The lowest BCUT2D eigenvalue weighted by Crippen LogP contribution is -2.52. The summed E-state index contributed by atoms with van der Waals surface area (Å²) in [6.07, 6.45) is 11.9. The molecule has 2 aliphatic heterocycles. The first-order valence-electron chi connectivity index (χ1n) is 16.5. The molecule has 240 valence electrons. The lowest BCUT2D eigenvalue weighted by Gasteiger charge is -2.45. The molecule has 0 spiro atoms. The number of benzene rings is 1. The molecule has 0 bridgehead atoms. The third-order valence-corrected chi connectivity index (χ3v) is 10.3. The Balaban J connectivity index is 1.10. The Kier molecular flexibility index (Phi) is 8.16. The van der Waals surface area contributed by atoms with Crippen LogP contribution in [0.2, 0.25) is 0 Å². The van der Waals surface area contributed by atoms with Gasteiger partial charge in [-0.25, -0.2) is 14.8 Å². The molecule has 3 aliphatic rings. The van der Waals surface area contributed by atoms with E-state index >= 15 is 0 Å². The molecular formula is C34H46N8O3. The fourth-order valence-electron chi connectivity index (χ4n) is 7.76. The number of carbonyl (C=O) groups excluding carboxylic acids is 1. The minimum atomic E-state index is -0.250. The van der Waals surface area contributed by atoms with Crippen molar-refractivity contribution in [3.8, 4) is 11.1 Å². The van der Waals surface area contributed by atoms with Crippen LogP contribution in [-0.4, -0.2) is 98.7 Å². The van der Waals surface area contributed by atoms with Crippen LogP contribution in [0.25, 0.3) is 33.1 Å². The number of ether oxygens (including phenoxy) is 2. The summed E-state index contributed by atoms with van der Waals surface area (Å²) in [7, 11) is 1.46. The smallest absolute Gasteiger partial charge is 0.409 e. The van der Waals surface area contributed by atoms with E-state index in [9.17, 15) is 4.79 Å². The van der Waals surface area contributed by atoms with Gasteiger partial charge in [0.15, 0.2) is 0 Å². The van der Waals surface area contributed by atoms with Crippen molar-refractivity contribution < 1.29 is 14.3 Å². The van der Waals surface area contributed by atoms with Crippen LogP contribution >= 0.6 is 0 Å². The van der Waals surface area contributed by atoms with Gasteiger partial charge in [0, 0.05) is 60.4 Å². The number of nitrogens with zero attached hydrogens (tertiary/aromatic N) is 6. The van der Waals surface area contributed by atoms with Crippen molar-refractivity contribution in [2.75, 3.05) is 45.3 Å². The third kappa shape index (κ3) is 6.00. The Hall–Kier alpha value is -3.70. The third-order valence-electron chi connectivity index (χ3n) is 10.3. The second-order valence-electron chi connectivity index (χ2n) is 14.1. The average Bonchev–Trinajstić information content (AvgIpc) is 3.70. The first kappa shape index (κ1) is 30.0. The van der Waals surface area contributed by atoms with Gasteiger partial charge in [-0.3, -0.25) is 9.58 Å². The highest BCUT2D eigenvalue weighted by molar-refractivity contribution is 6.12. The molecule has 1 aliphatic carbocycles. The van der Waals surface area contributed by atoms with Gasteiger partial charge in [0.05, 0.1) is 37.9 Å². The predicted molar refractivity (Wildman–Crippen MR) is 175 cm³/mol. The van der Waals surface area contributed by atoms with E-state index in [2.05, 4.69) is 70.0 Å². The zero-order chi connectivity index (χ0) is 31.1. The first-order valence-corrected chi connectivity index (χ1v) is 16.5. The van der Waals surface area contributed by atoms with E-state index in [1.165, 1.54) is 20.0 Å². The molecule has 11 nitrogen and oxygen atoms in total. The van der Waals surface area contributed by atoms with Gasteiger partial charge < -0.3 is 24.7 Å². The van der Waals surface area contributed by atoms with Crippen molar-refractivity contribution >= 4 is 33.8 Å². The number of aromatic amines is 1. The number of hydrogen-bond donors (Lipinski definition) is 2. The molecule has 1 aromatic carbocycles. The van der Waals surface area contributed by atoms with E-state index < -0.39 is 0 Å². The molecule has 1 amide bonds. The molecule has 2 unspecified atom stereocenters. The van der Waals surface area contributed by atoms with Gasteiger partial charge in [-0.1, -0.05) is 26.8 Å². The van der Waals surface area contributed by atoms with Crippen LogP contribution in [0.15, 0.2) is 36.9 Å². The molecule has 5 heterocycles. The molecule has 3 fully saturated rings. The number of methoxy groups -OCH3 is 1. The first-order chi connectivity index (χ1) is 21.8. The second kappa shape index (κ2) is 12.2. The number of morpholine rings is 1. The van der Waals surface area contributed by atoms with Gasteiger partial charge in [0.1, 0.15) is 17.8 Å². The number of hydrogen-bond acceptors (Lipinski definition) is 8. The fourth-order valence-corrected chi connectivity index (χ4v) is 7.76. The van der Waals surface area contributed by atoms with E-state index in [1.807, 2.05) is 11.1 Å². The Bertz CT molecular complexity index is 1640. The van der Waals surface area contributed by atoms with E-state index in [0.717, 1.165) is 90.9 Å². The van der Waals surface area contributed by atoms with Crippen LogP contribution < -0.4 is 5.32 Å². The number of piperidine rings is 1. The Labute approximate surface area is 264 Å². The monoisotopic (exact) mass is 614 g/mol. The SMILES string of the molecule is COC(=O)N1CCC(n2cc(-c3ccc4[nH]c5ncnc(N[C@H]6CC[C@H](N7CCOCC7)CC6)c5c4c3)cn2)CC1C(C)(C)C. The molecule has 1 saturated carbocycles. The highest BCUT2D eigenvalue weighted by Crippen LogP contribution is 2.38. The van der Waals surface area contributed by atoms with Crippen LogP contribution in [-0.2, 0) is 9.47 Å². The predicted octanol–water partition coefficient (Wildman–Crippen LogP) is 5.85. The quantitative estimate of drug-likeness (QED) is 0.288. The van der Waals surface area contributed by atoms with Crippen molar-refractivity contribution in [1.29, 1.82) is 0 Å². The molecular weight excluding hydrogens is 568 g/mol. The summed E-state index contributed by atoms with van der Waals surface area (Å²) in [5.41, 5.74) is 4.00. The van der Waals surface area contributed by atoms with E-state index in [4.69, 9.17) is 19.6 Å². The van der Waals surface area contributed by atoms with Crippen molar-refractivity contribution in [2.45, 2.75) is 83.5 Å². The maximum absolute atomic E-state index is 12.5. The van der Waals surface area contributed by atoms with Crippen molar-refractivity contribution in [3.05, 3.63) is 36.9 Å². The molecule has 2 saturated heterocycles. The van der Waals surface area contributed by atoms with Gasteiger partial charge in [-0.2, -0.15) is 5.10 Å². The largest absolute Gasteiger partial charge is 0.453 e. The number of carbonyl (C=O) groups is 1. The van der Waals surface area contributed by atoms with Gasteiger partial charge in [0.25, 0.3) is 0 Å². The lowest BCUT2D eigenvalue weighted by atomic mass is 9.79. The minimum absolute atomic E-state index is 0.0688. The van der Waals surface area contributed by atoms with Crippen LogP contribution in [0.1, 0.15) is 65.3 Å². The van der Waals surface area contributed by atoms with E-state index in [0.29, 0.717) is 18.6 Å². The number of H-pyrrole nitrogens is 1. The number of anilines is 1. The van der Waals surface area contributed by atoms with Crippen molar-refractivity contribution in [2.24, 2.45) is 5.41 Å². The summed E-state index contributed by atoms with van der Waals surface area (Å²) in [4.78, 5) is 29.8. The maximum atomic E-state index is 12.5. The molecule has 45 heavy (non-hydrogen) atoms. The van der Waals surface area contributed by atoms with Gasteiger partial charge in [-0.05, 0) is 61.6 Å².